The van der Waals surface area contributed by atoms with Crippen LogP contribution in [0.1, 0.15) is 24.4 Å². The van der Waals surface area contributed by atoms with E-state index in [-0.39, 0.29) is 17.9 Å². The molecule has 4 nitrogen and oxygen atoms in total. The van der Waals surface area contributed by atoms with Crippen molar-refractivity contribution in [1.29, 1.82) is 0 Å². The van der Waals surface area contributed by atoms with E-state index in [1.165, 1.54) is 0 Å². The minimum atomic E-state index is -0.187. The van der Waals surface area contributed by atoms with Crippen molar-refractivity contribution in [3.05, 3.63) is 35.9 Å². The number of nitrogens with zero attached hydrogens (tertiary/aromatic N) is 1. The van der Waals surface area contributed by atoms with Crippen LogP contribution in [0, 0.1) is 5.92 Å². The van der Waals surface area contributed by atoms with E-state index >= 15 is 0 Å². The number of likely N-dealkylation sites (tertiary alicyclic amines) is 1. The van der Waals surface area contributed by atoms with Gasteiger partial charge in [-0.05, 0) is 24.9 Å². The molecule has 1 fully saturated rings. The third-order valence-corrected chi connectivity index (χ3v) is 3.59. The number of carbonyl (C=O) groups is 1. The van der Waals surface area contributed by atoms with Gasteiger partial charge in [-0.15, -0.1) is 0 Å². The van der Waals surface area contributed by atoms with E-state index < -0.39 is 0 Å². The van der Waals surface area contributed by atoms with E-state index in [4.69, 9.17) is 11.5 Å². The molecule has 0 aromatic heterocycles. The van der Waals surface area contributed by atoms with Gasteiger partial charge in [-0.1, -0.05) is 30.3 Å². The zero-order valence-electron chi connectivity index (χ0n) is 10.6. The van der Waals surface area contributed by atoms with Crippen LogP contribution in [0.5, 0.6) is 0 Å². The zero-order chi connectivity index (χ0) is 13.0. The van der Waals surface area contributed by atoms with Gasteiger partial charge in [0.05, 0.1) is 5.92 Å². The zero-order valence-corrected chi connectivity index (χ0v) is 10.6. The van der Waals surface area contributed by atoms with Gasteiger partial charge in [0.15, 0.2) is 0 Å². The Morgan fingerprint density at radius 3 is 2.78 bits per heavy atom. The van der Waals surface area contributed by atoms with E-state index in [2.05, 4.69) is 4.90 Å². The van der Waals surface area contributed by atoms with Gasteiger partial charge in [-0.3, -0.25) is 4.79 Å². The molecule has 0 saturated carbocycles. The van der Waals surface area contributed by atoms with Crippen molar-refractivity contribution < 1.29 is 4.79 Å². The Labute approximate surface area is 108 Å². The highest BCUT2D eigenvalue weighted by Gasteiger charge is 2.24. The van der Waals surface area contributed by atoms with Crippen LogP contribution in [0.4, 0.5) is 0 Å². The first kappa shape index (κ1) is 13.1. The quantitative estimate of drug-likeness (QED) is 0.829. The summed E-state index contributed by atoms with van der Waals surface area (Å²) < 4.78 is 0. The number of hydrogen-bond donors (Lipinski definition) is 2. The molecule has 0 aliphatic carbocycles. The summed E-state index contributed by atoms with van der Waals surface area (Å²) in [5, 5.41) is 0. The van der Waals surface area contributed by atoms with Crippen molar-refractivity contribution in [2.45, 2.75) is 18.9 Å². The lowest BCUT2D eigenvalue weighted by molar-refractivity contribution is -0.123. The molecule has 98 valence electrons. The molecule has 1 aliphatic heterocycles. The number of amides is 1. The first-order valence-corrected chi connectivity index (χ1v) is 6.49. The van der Waals surface area contributed by atoms with Gasteiger partial charge < -0.3 is 16.4 Å². The molecule has 2 atom stereocenters. The monoisotopic (exact) mass is 247 g/mol. The van der Waals surface area contributed by atoms with Gasteiger partial charge >= 0.3 is 0 Å². The summed E-state index contributed by atoms with van der Waals surface area (Å²) in [6, 6.07) is 10.1. The van der Waals surface area contributed by atoms with Crippen LogP contribution in [-0.4, -0.2) is 30.4 Å². The van der Waals surface area contributed by atoms with Crippen LogP contribution < -0.4 is 11.5 Å². The molecule has 4 N–H and O–H groups in total. The SMILES string of the molecule is NC(=O)C1CCCN(CC(N)c2ccccc2)C1. The van der Waals surface area contributed by atoms with Crippen LogP contribution in [0.15, 0.2) is 30.3 Å². The third kappa shape index (κ3) is 3.31. The number of carbonyl (C=O) groups excluding carboxylic acids is 1. The van der Waals surface area contributed by atoms with Gasteiger partial charge in [-0.25, -0.2) is 0 Å². The summed E-state index contributed by atoms with van der Waals surface area (Å²) >= 11 is 0. The summed E-state index contributed by atoms with van der Waals surface area (Å²) in [6.45, 7) is 2.54. The smallest absolute Gasteiger partial charge is 0.221 e. The highest BCUT2D eigenvalue weighted by atomic mass is 16.1. The first-order valence-electron chi connectivity index (χ1n) is 6.49. The van der Waals surface area contributed by atoms with Crippen molar-refractivity contribution in [2.24, 2.45) is 17.4 Å². The minimum Gasteiger partial charge on any atom is -0.369 e. The normalized spacial score (nSPS) is 22.6. The number of nitrogens with two attached hydrogens (primary N) is 2. The molecule has 1 saturated heterocycles. The Morgan fingerprint density at radius 1 is 1.39 bits per heavy atom. The summed E-state index contributed by atoms with van der Waals surface area (Å²) in [5.74, 6) is -0.199. The van der Waals surface area contributed by atoms with E-state index in [1.807, 2.05) is 30.3 Å². The molecule has 1 heterocycles. The summed E-state index contributed by atoms with van der Waals surface area (Å²) in [7, 11) is 0. The number of hydrogen-bond acceptors (Lipinski definition) is 3. The maximum Gasteiger partial charge on any atom is 0.221 e. The summed E-state index contributed by atoms with van der Waals surface area (Å²) in [6.07, 6.45) is 1.93. The molecule has 2 unspecified atom stereocenters. The Bertz CT molecular complexity index is 393. The number of primary amides is 1. The largest absolute Gasteiger partial charge is 0.369 e. The Morgan fingerprint density at radius 2 is 2.11 bits per heavy atom. The van der Waals surface area contributed by atoms with Crippen LogP contribution in [0.3, 0.4) is 0 Å². The molecule has 4 heteroatoms. The average Bonchev–Trinajstić information content (AvgIpc) is 2.40. The highest BCUT2D eigenvalue weighted by molar-refractivity contribution is 5.76. The second-order valence-electron chi connectivity index (χ2n) is 5.02. The number of piperidine rings is 1. The molecule has 1 amide bonds. The molecule has 1 aliphatic rings. The lowest BCUT2D eigenvalue weighted by atomic mass is 9.96. The Balaban J connectivity index is 1.91. The summed E-state index contributed by atoms with van der Waals surface area (Å²) in [5.41, 5.74) is 12.7. The van der Waals surface area contributed by atoms with E-state index in [0.29, 0.717) is 0 Å². The second-order valence-corrected chi connectivity index (χ2v) is 5.02. The van der Waals surface area contributed by atoms with Gasteiger partial charge in [0.25, 0.3) is 0 Å². The molecule has 2 rings (SSSR count). The van der Waals surface area contributed by atoms with Gasteiger partial charge in [-0.2, -0.15) is 0 Å². The standard InChI is InChI=1S/C14H21N3O/c15-13(11-5-2-1-3-6-11)10-17-8-4-7-12(9-17)14(16)18/h1-3,5-6,12-13H,4,7-10,15H2,(H2,16,18). The molecular weight excluding hydrogens is 226 g/mol. The maximum absolute atomic E-state index is 11.2. The molecule has 1 aromatic rings. The number of rotatable bonds is 4. The van der Waals surface area contributed by atoms with E-state index in [1.54, 1.807) is 0 Å². The van der Waals surface area contributed by atoms with Crippen molar-refractivity contribution >= 4 is 5.91 Å². The Hall–Kier alpha value is -1.39. The lowest BCUT2D eigenvalue weighted by Gasteiger charge is -2.32. The van der Waals surface area contributed by atoms with Crippen LogP contribution in [0.25, 0.3) is 0 Å². The lowest BCUT2D eigenvalue weighted by Crippen LogP contribution is -2.43. The van der Waals surface area contributed by atoms with Crippen LogP contribution in [-0.2, 0) is 4.79 Å². The second kappa shape index (κ2) is 5.98. The minimum absolute atomic E-state index is 0.00201. The molecular formula is C14H21N3O. The highest BCUT2D eigenvalue weighted by Crippen LogP contribution is 2.19. The predicted octanol–water partition coefficient (Wildman–Crippen LogP) is 0.884. The van der Waals surface area contributed by atoms with Crippen LogP contribution >= 0.6 is 0 Å². The Kier molecular flexibility index (Phi) is 4.33. The molecule has 18 heavy (non-hydrogen) atoms. The van der Waals surface area contributed by atoms with E-state index in [0.717, 1.165) is 38.0 Å². The van der Waals surface area contributed by atoms with E-state index in [9.17, 15) is 4.79 Å². The first-order chi connectivity index (χ1) is 8.66. The third-order valence-electron chi connectivity index (χ3n) is 3.59. The van der Waals surface area contributed by atoms with Crippen molar-refractivity contribution in [3.8, 4) is 0 Å². The van der Waals surface area contributed by atoms with Gasteiger partial charge in [0.1, 0.15) is 0 Å². The molecule has 0 bridgehead atoms. The predicted molar refractivity (Wildman–Crippen MR) is 71.7 cm³/mol. The fraction of sp³-hybridized carbons (Fsp3) is 0.500. The summed E-state index contributed by atoms with van der Waals surface area (Å²) in [4.78, 5) is 13.5. The number of benzene rings is 1. The molecule has 0 spiro atoms. The van der Waals surface area contributed by atoms with Gasteiger partial charge in [0, 0.05) is 19.1 Å². The van der Waals surface area contributed by atoms with Crippen molar-refractivity contribution in [2.75, 3.05) is 19.6 Å². The maximum atomic E-state index is 11.2. The van der Waals surface area contributed by atoms with Crippen molar-refractivity contribution in [3.63, 3.8) is 0 Å². The molecule has 0 radical (unpaired) electrons. The van der Waals surface area contributed by atoms with Crippen LogP contribution in [0.2, 0.25) is 0 Å². The average molecular weight is 247 g/mol. The van der Waals surface area contributed by atoms with Crippen molar-refractivity contribution in [1.82, 2.24) is 4.90 Å². The fourth-order valence-corrected chi connectivity index (χ4v) is 2.54. The molecule has 1 aromatic carbocycles. The topological polar surface area (TPSA) is 72.4 Å². The van der Waals surface area contributed by atoms with Gasteiger partial charge in [0.2, 0.25) is 5.91 Å². The fourth-order valence-electron chi connectivity index (χ4n) is 2.54.